The van der Waals surface area contributed by atoms with Gasteiger partial charge >= 0.3 is 5.97 Å². The maximum absolute atomic E-state index is 12.0. The third-order valence-electron chi connectivity index (χ3n) is 2.30. The molecule has 108 valence electrons. The van der Waals surface area contributed by atoms with Crippen LogP contribution in [0.2, 0.25) is 0 Å². The smallest absolute Gasteiger partial charge is 0.336 e. The molecule has 7 nitrogen and oxygen atoms in total. The van der Waals surface area contributed by atoms with Gasteiger partial charge in [-0.1, -0.05) is 0 Å². The summed E-state index contributed by atoms with van der Waals surface area (Å²) in [6, 6.07) is 0.417. The Hall–Kier alpha value is -1.00. The van der Waals surface area contributed by atoms with Crippen LogP contribution in [-0.4, -0.2) is 51.0 Å². The maximum atomic E-state index is 12.0. The number of carbonyl (C=O) groups is 1. The quantitative estimate of drug-likeness (QED) is 0.629. The maximum Gasteiger partial charge on any atom is 0.336 e. The molecule has 1 atom stereocenters. The topological polar surface area (TPSA) is 113 Å². The van der Waals surface area contributed by atoms with E-state index < -0.39 is 22.0 Å². The van der Waals surface area contributed by atoms with Crippen molar-refractivity contribution in [1.29, 1.82) is 0 Å². The third-order valence-corrected chi connectivity index (χ3v) is 5.26. The van der Waals surface area contributed by atoms with Crippen LogP contribution >= 0.6 is 11.3 Å². The summed E-state index contributed by atoms with van der Waals surface area (Å²) in [6.07, 6.45) is 0.323. The van der Waals surface area contributed by atoms with Gasteiger partial charge < -0.3 is 14.9 Å². The number of methoxy groups -OCH3 is 1. The second-order valence-corrected chi connectivity index (χ2v) is 6.59. The zero-order valence-corrected chi connectivity index (χ0v) is 11.8. The highest BCUT2D eigenvalue weighted by Gasteiger charge is 2.22. The summed E-state index contributed by atoms with van der Waals surface area (Å²) in [5, 5.41) is 19.1. The van der Waals surface area contributed by atoms with Crippen LogP contribution in [0.25, 0.3) is 0 Å². The average Bonchev–Trinajstić information content (AvgIpc) is 2.84. The van der Waals surface area contributed by atoms with Crippen LogP contribution in [0.1, 0.15) is 16.8 Å². The van der Waals surface area contributed by atoms with Gasteiger partial charge in [-0.2, -0.15) is 0 Å². The van der Waals surface area contributed by atoms with Gasteiger partial charge in [0.1, 0.15) is 4.21 Å². The van der Waals surface area contributed by atoms with Crippen molar-refractivity contribution in [3.05, 3.63) is 17.0 Å². The van der Waals surface area contributed by atoms with E-state index in [0.717, 1.165) is 17.4 Å². The van der Waals surface area contributed by atoms with Crippen molar-refractivity contribution in [3.8, 4) is 0 Å². The zero-order valence-electron chi connectivity index (χ0n) is 10.2. The van der Waals surface area contributed by atoms with E-state index in [-0.39, 0.29) is 16.4 Å². The standard InChI is InChI=1S/C10H15NO6S2/c1-17-3-2-8(5-12)11-19(15,16)9-4-7(6-18-9)10(13)14/h4,6,8,11-12H,2-3,5H2,1H3,(H,13,14). The van der Waals surface area contributed by atoms with Crippen molar-refractivity contribution >= 4 is 27.3 Å². The van der Waals surface area contributed by atoms with E-state index in [0.29, 0.717) is 13.0 Å². The van der Waals surface area contributed by atoms with Crippen LogP contribution in [0.3, 0.4) is 0 Å². The third kappa shape index (κ3) is 4.55. The van der Waals surface area contributed by atoms with Crippen molar-refractivity contribution in [2.45, 2.75) is 16.7 Å². The van der Waals surface area contributed by atoms with Gasteiger partial charge in [-0.3, -0.25) is 0 Å². The second-order valence-electron chi connectivity index (χ2n) is 3.74. The number of ether oxygens (including phenoxy) is 1. The Balaban J connectivity index is 2.81. The number of thiophene rings is 1. The van der Waals surface area contributed by atoms with Gasteiger partial charge in [-0.15, -0.1) is 11.3 Å². The van der Waals surface area contributed by atoms with Crippen molar-refractivity contribution < 1.29 is 28.2 Å². The first-order valence-corrected chi connectivity index (χ1v) is 7.71. The summed E-state index contributed by atoms with van der Waals surface area (Å²) in [5.41, 5.74) is -0.0807. The van der Waals surface area contributed by atoms with E-state index >= 15 is 0 Å². The molecule has 0 aliphatic heterocycles. The molecular weight excluding hydrogens is 294 g/mol. The van der Waals surface area contributed by atoms with E-state index in [1.165, 1.54) is 12.5 Å². The largest absolute Gasteiger partial charge is 0.478 e. The van der Waals surface area contributed by atoms with E-state index in [2.05, 4.69) is 4.72 Å². The van der Waals surface area contributed by atoms with Gasteiger partial charge in [0, 0.05) is 25.1 Å². The van der Waals surface area contributed by atoms with Crippen molar-refractivity contribution in [1.82, 2.24) is 4.72 Å². The lowest BCUT2D eigenvalue weighted by Crippen LogP contribution is -2.37. The summed E-state index contributed by atoms with van der Waals surface area (Å²) in [4.78, 5) is 10.7. The van der Waals surface area contributed by atoms with Crippen molar-refractivity contribution in [2.24, 2.45) is 0 Å². The molecule has 19 heavy (non-hydrogen) atoms. The lowest BCUT2D eigenvalue weighted by molar-refractivity contribution is 0.0697. The molecule has 1 aromatic heterocycles. The van der Waals surface area contributed by atoms with E-state index in [4.69, 9.17) is 14.9 Å². The molecule has 0 spiro atoms. The highest BCUT2D eigenvalue weighted by atomic mass is 32.2. The summed E-state index contributed by atoms with van der Waals surface area (Å²) < 4.78 is 30.9. The average molecular weight is 309 g/mol. The predicted molar refractivity (Wildman–Crippen MR) is 69.0 cm³/mol. The summed E-state index contributed by atoms with van der Waals surface area (Å²) in [6.45, 7) is -0.0572. The van der Waals surface area contributed by atoms with E-state index in [1.807, 2.05) is 0 Å². The number of carboxylic acids is 1. The molecule has 0 saturated heterocycles. The molecule has 0 fully saturated rings. The van der Waals surface area contributed by atoms with Gasteiger partial charge in [0.15, 0.2) is 0 Å². The van der Waals surface area contributed by atoms with Gasteiger partial charge in [0.05, 0.1) is 12.2 Å². The Morgan fingerprint density at radius 2 is 2.26 bits per heavy atom. The van der Waals surface area contributed by atoms with Crippen molar-refractivity contribution in [3.63, 3.8) is 0 Å². The number of aromatic carboxylic acids is 1. The molecule has 0 amide bonds. The first-order valence-electron chi connectivity index (χ1n) is 5.34. The fraction of sp³-hybridized carbons (Fsp3) is 0.500. The normalized spacial score (nSPS) is 13.4. The molecular formula is C10H15NO6S2. The number of hydrogen-bond acceptors (Lipinski definition) is 6. The molecule has 1 aromatic rings. The van der Waals surface area contributed by atoms with Crippen LogP contribution in [0.5, 0.6) is 0 Å². The van der Waals surface area contributed by atoms with Gasteiger partial charge in [0.2, 0.25) is 10.0 Å². The molecule has 0 aliphatic carbocycles. The second kappa shape index (κ2) is 6.96. The van der Waals surface area contributed by atoms with Crippen molar-refractivity contribution in [2.75, 3.05) is 20.3 Å². The minimum Gasteiger partial charge on any atom is -0.478 e. The minimum absolute atomic E-state index is 0.0807. The lowest BCUT2D eigenvalue weighted by Gasteiger charge is -2.14. The van der Waals surface area contributed by atoms with Crippen LogP contribution in [0.4, 0.5) is 0 Å². The molecule has 0 bridgehead atoms. The highest BCUT2D eigenvalue weighted by Crippen LogP contribution is 2.20. The highest BCUT2D eigenvalue weighted by molar-refractivity contribution is 7.91. The Morgan fingerprint density at radius 1 is 1.58 bits per heavy atom. The Morgan fingerprint density at radius 3 is 2.74 bits per heavy atom. The number of nitrogens with one attached hydrogen (secondary N) is 1. The predicted octanol–water partition coefficient (Wildman–Crippen LogP) is 0.122. The van der Waals surface area contributed by atoms with Crippen LogP contribution < -0.4 is 4.72 Å². The molecule has 3 N–H and O–H groups in total. The molecule has 0 radical (unpaired) electrons. The Bertz CT molecular complexity index is 524. The van der Waals surface area contributed by atoms with E-state index in [1.54, 1.807) is 0 Å². The molecule has 0 aromatic carbocycles. The Kier molecular flexibility index (Phi) is 5.88. The molecule has 0 saturated carbocycles. The number of sulfonamides is 1. The summed E-state index contributed by atoms with van der Waals surface area (Å²) in [7, 11) is -2.35. The number of aliphatic hydroxyl groups excluding tert-OH is 1. The van der Waals surface area contributed by atoms with Crippen LogP contribution in [-0.2, 0) is 14.8 Å². The van der Waals surface area contributed by atoms with Gasteiger partial charge in [-0.05, 0) is 12.5 Å². The fourth-order valence-corrected chi connectivity index (χ4v) is 3.73. The zero-order chi connectivity index (χ0) is 14.5. The molecule has 1 unspecified atom stereocenters. The molecule has 1 heterocycles. The van der Waals surface area contributed by atoms with Crippen LogP contribution in [0, 0.1) is 0 Å². The van der Waals surface area contributed by atoms with Crippen LogP contribution in [0.15, 0.2) is 15.7 Å². The number of hydrogen-bond donors (Lipinski definition) is 3. The van der Waals surface area contributed by atoms with Gasteiger partial charge in [0.25, 0.3) is 0 Å². The summed E-state index contributed by atoms with van der Waals surface area (Å²) in [5.74, 6) is -1.18. The number of rotatable bonds is 8. The molecule has 1 rings (SSSR count). The first-order chi connectivity index (χ1) is 8.90. The first kappa shape index (κ1) is 16.1. The minimum atomic E-state index is -3.83. The number of aliphatic hydroxyl groups is 1. The Labute approximate surface area is 114 Å². The van der Waals surface area contributed by atoms with Gasteiger partial charge in [-0.25, -0.2) is 17.9 Å². The number of carboxylic acid groups (broad SMARTS) is 1. The summed E-state index contributed by atoms with van der Waals surface area (Å²) >= 11 is 0.817. The monoisotopic (exact) mass is 309 g/mol. The lowest BCUT2D eigenvalue weighted by atomic mass is 10.2. The van der Waals surface area contributed by atoms with E-state index in [9.17, 15) is 13.2 Å². The molecule has 9 heteroatoms. The fourth-order valence-electron chi connectivity index (χ4n) is 1.29. The molecule has 0 aliphatic rings. The SMILES string of the molecule is COCCC(CO)NS(=O)(=O)c1cc(C(=O)O)cs1.